The summed E-state index contributed by atoms with van der Waals surface area (Å²) in [7, 11) is 1.36. The van der Waals surface area contributed by atoms with Crippen LogP contribution in [0.15, 0.2) is 256 Å². The van der Waals surface area contributed by atoms with Crippen molar-refractivity contribution in [1.29, 1.82) is 16.2 Å². The molecule has 1 amide bonds. The van der Waals surface area contributed by atoms with Gasteiger partial charge in [0.1, 0.15) is 45.5 Å². The molecule has 1 fully saturated rings. The van der Waals surface area contributed by atoms with Crippen molar-refractivity contribution < 1.29 is 109 Å². The van der Waals surface area contributed by atoms with Gasteiger partial charge >= 0.3 is 37.3 Å². The zero-order chi connectivity index (χ0) is 86.4. The van der Waals surface area contributed by atoms with Crippen molar-refractivity contribution in [3.63, 3.8) is 0 Å². The minimum absolute atomic E-state index is 0. The van der Waals surface area contributed by atoms with Gasteiger partial charge in [-0.2, -0.15) is 0 Å². The van der Waals surface area contributed by atoms with Crippen molar-refractivity contribution >= 4 is 103 Å². The van der Waals surface area contributed by atoms with Gasteiger partial charge in [0.2, 0.25) is 5.91 Å². The molecule has 29 heteroatoms. The van der Waals surface area contributed by atoms with Gasteiger partial charge in [-0.05, 0) is 174 Å². The number of hydrogen-bond donors (Lipinski definition) is 13. The molecule has 9 aliphatic rings. The van der Waals surface area contributed by atoms with Crippen LogP contribution < -0.4 is 73.7 Å². The minimum Gasteiger partial charge on any atom is -1.00 e. The van der Waals surface area contributed by atoms with Crippen molar-refractivity contribution in [2.24, 2.45) is 5.73 Å². The monoisotopic (exact) mass is 1660 g/mol. The number of alkyl halides is 1. The van der Waals surface area contributed by atoms with Gasteiger partial charge in [0.15, 0.2) is 5.60 Å². The van der Waals surface area contributed by atoms with E-state index in [1.54, 1.807) is 109 Å². The van der Waals surface area contributed by atoms with E-state index in [2.05, 4.69) is 27.4 Å². The molecule has 1 saturated heterocycles. The van der Waals surface area contributed by atoms with E-state index in [0.717, 1.165) is 109 Å². The number of esters is 1. The van der Waals surface area contributed by atoms with Gasteiger partial charge in [-0.3, -0.25) is 18.9 Å². The van der Waals surface area contributed by atoms with Crippen LogP contribution in [0.3, 0.4) is 0 Å². The number of hydrogen-bond acceptors (Lipinski definition) is 24. The largest absolute Gasteiger partial charge is 1.00 e. The summed E-state index contributed by atoms with van der Waals surface area (Å²) in [6, 6.07) is 73.3. The first-order valence-corrected chi connectivity index (χ1v) is 37.5. The van der Waals surface area contributed by atoms with Gasteiger partial charge in [-0.25, -0.2) is 14.8 Å². The molecule has 18 N–H and O–H groups in total. The average molecular weight is 1660 g/mol. The van der Waals surface area contributed by atoms with Gasteiger partial charge in [0, 0.05) is 189 Å². The second-order valence-electron chi connectivity index (χ2n) is 27.4. The van der Waals surface area contributed by atoms with Crippen molar-refractivity contribution in [2.45, 2.75) is 57.5 Å². The molecule has 2 unspecified atom stereocenters. The van der Waals surface area contributed by atoms with Crippen molar-refractivity contribution in [3.05, 3.63) is 298 Å². The van der Waals surface area contributed by atoms with Crippen molar-refractivity contribution in [3.8, 4) is 78.9 Å². The molecular formula is C93H91AlFLiN9O17. The average Bonchev–Trinajstić information content (AvgIpc) is 1.59. The van der Waals surface area contributed by atoms with Crippen LogP contribution in [0.2, 0.25) is 0 Å². The first-order valence-electron chi connectivity index (χ1n) is 38.2. The second-order valence-corrected chi connectivity index (χ2v) is 27.4. The minimum atomic E-state index is -1.00. The number of carbonyl (C=O) groups excluding carboxylic acids is 3. The Balaban J connectivity index is 0.000000215. The molecule has 0 aromatic heterocycles. The Kier molecular flexibility index (Phi) is 32.1. The van der Waals surface area contributed by atoms with E-state index in [1.807, 2.05) is 128 Å². The molecule has 3 aliphatic carbocycles. The Bertz CT molecular complexity index is 6330. The third-order valence-corrected chi connectivity index (χ3v) is 19.5. The van der Waals surface area contributed by atoms with Crippen LogP contribution in [-0.4, -0.2) is 103 Å². The third kappa shape index (κ3) is 20.9. The number of halogens is 1. The maximum atomic E-state index is 12.3. The Hall–Kier alpha value is -13.3. The number of aromatic carboxylic acids is 1. The fourth-order valence-electron chi connectivity index (χ4n) is 14.3. The molecule has 6 heterocycles. The second kappa shape index (κ2) is 43.1. The van der Waals surface area contributed by atoms with E-state index >= 15 is 0 Å². The molecule has 621 valence electrons. The first-order chi connectivity index (χ1) is 58.6. The molecule has 0 bridgehead atoms. The number of carboxylic acid groups (broad SMARTS) is 1. The zero-order valence-corrected chi connectivity index (χ0v) is 68.2. The summed E-state index contributed by atoms with van der Waals surface area (Å²) in [6.45, 7) is 4.31. The number of methoxy groups -OCH3 is 1. The van der Waals surface area contributed by atoms with E-state index in [4.69, 9.17) is 93.6 Å². The number of aliphatic hydroxyl groups excluding tert-OH is 2. The van der Waals surface area contributed by atoms with Crippen LogP contribution in [-0.2, 0) is 52.5 Å². The standard InChI is InChI=1S/C25H25N3O3.C21H16N2O3.C20H14N2O3.C20H16N2O2.C4H8O.CH3F.CH2O4.CH4O.Al.Li.H2.H/c1-15(26)6-11-24(29)28-18-8-10-21-23(13-18)31-22-12-17(27)7-9-20(22)25(21)19-5-3-2-4-16(19)14-30-25;1-25-21(24)15-5-3-2-4-14(15)20-16-8-6-12(22)10-18(16)26-19-11-13(23)7-9-17(19)20;21-11-5-7-15-17(9-11)25-18-10-12(22)6-8-16(18)19(15)13-3-1-2-4-14(13)20(23)24;21-13-5-7-16-18(9-13)24-19-10-14(22)6-8-17(19)20(16)15-4-2-1-3-12(15)11-23;1-2-4-5-3-1;1-2;2-1-4-5-3;1-2;;;;/h2-5,7-10,12-13,15H,6,11,14,26-27H2,1H3,(H,28,29);2-11,22H,23H2,1H3;1-10,21H,22H2,(H,23,24);1-10,21,23H,11,22H2;1-4H2;1H3;1,3H;2H,1H3;;;1H;/q;;;;;;;;;+1;;-1/i;;;;;1D;;;;;;. The molecular weight excluding hydrogens is 1570 g/mol. The number of anilines is 5. The Labute approximate surface area is 726 Å². The predicted molar refractivity (Wildman–Crippen MR) is 465 cm³/mol. The molecule has 122 heavy (non-hydrogen) atoms. The van der Waals surface area contributed by atoms with Crippen LogP contribution >= 0.6 is 0 Å². The van der Waals surface area contributed by atoms with Crippen LogP contribution in [0.1, 0.15) is 85.4 Å². The van der Waals surface area contributed by atoms with Crippen molar-refractivity contribution in [2.75, 3.05) is 62.8 Å². The summed E-state index contributed by atoms with van der Waals surface area (Å²) < 4.78 is 56.0. The first kappa shape index (κ1) is 91.0. The summed E-state index contributed by atoms with van der Waals surface area (Å²) in [6.07, 6.45) is 3.56. The fraction of sp³-hybridized carbons (Fsp3) is 0.151. The van der Waals surface area contributed by atoms with Crippen LogP contribution in [0.4, 0.5) is 32.8 Å². The normalized spacial score (nSPS) is 13.1. The molecule has 2 atom stereocenters. The third-order valence-electron chi connectivity index (χ3n) is 19.5. The number of carbonyl (C=O) groups is 4. The fourth-order valence-corrected chi connectivity index (χ4v) is 14.3. The van der Waals surface area contributed by atoms with E-state index in [9.17, 15) is 29.0 Å². The summed E-state index contributed by atoms with van der Waals surface area (Å²) in [5, 5.41) is 66.4. The molecule has 0 saturated carbocycles. The summed E-state index contributed by atoms with van der Waals surface area (Å²) in [5.41, 5.74) is 46.5. The molecule has 26 nitrogen and oxygen atoms in total. The van der Waals surface area contributed by atoms with Crippen LogP contribution in [0, 0.1) is 16.2 Å². The predicted octanol–water partition coefficient (Wildman–Crippen LogP) is 13.6. The Morgan fingerprint density at radius 1 is 0.590 bits per heavy atom. The summed E-state index contributed by atoms with van der Waals surface area (Å²) in [5.74, 6) is 1.52. The summed E-state index contributed by atoms with van der Waals surface area (Å²) in [4.78, 5) is 48.4. The quantitative estimate of drug-likeness (QED) is 0.0103. The smallest absolute Gasteiger partial charge is 1.00 e. The molecule has 6 aliphatic heterocycles. The van der Waals surface area contributed by atoms with Gasteiger partial charge in [0.25, 0.3) is 0 Å². The maximum Gasteiger partial charge on any atom is 1.00 e. The van der Waals surface area contributed by atoms with E-state index in [1.165, 1.54) is 20.0 Å². The van der Waals surface area contributed by atoms with Gasteiger partial charge in [-0.1, -0.05) is 84.9 Å². The number of ether oxygens (including phenoxy) is 4. The number of benzene rings is 12. The number of nitrogens with one attached hydrogen (secondary N) is 4. The molecule has 3 radical (unpaired) electrons. The molecule has 1 spiro atoms. The van der Waals surface area contributed by atoms with E-state index in [0.29, 0.717) is 121 Å². The number of amides is 1. The Morgan fingerprint density at radius 2 is 1.02 bits per heavy atom. The van der Waals surface area contributed by atoms with Gasteiger partial charge in [0.05, 0.1) is 56.0 Å². The van der Waals surface area contributed by atoms with Gasteiger partial charge < -0.3 is 99.2 Å². The molecule has 9 aromatic carbocycles. The van der Waals surface area contributed by atoms with Gasteiger partial charge in [-0.15, -0.1) is 0 Å². The SMILES string of the molecule is C1CCOC1.CC(N)CCC(=O)Nc1ccc2c(c1)Oc1cc(N)ccc1C21OCc2ccccc21.CO.COC(=O)c1ccccc1-c1c2ccc(=N)cc-2oc2cc(N)ccc12.N=c1ccc2c(-c3ccccc3C(=O)O)c3ccc(N)cc3oc-2c1.N=c1ccc2c(-c3ccccc3CO)c3ccc(N)cc3oc-2c1.O=COOO.[2H]CF.[Al].[H-].[HH].[Li+]. The zero-order valence-electron chi connectivity index (χ0n) is 69.1. The number of nitrogen functional groups attached to an aromatic ring is 4. The molecule has 18 rings (SSSR count). The number of nitrogens with two attached hydrogens (primary N) is 5. The number of rotatable bonds is 12. The van der Waals surface area contributed by atoms with Crippen LogP contribution in [0.5, 0.6) is 11.5 Å². The molecule has 9 aromatic rings. The van der Waals surface area contributed by atoms with E-state index < -0.39 is 24.7 Å². The number of carboxylic acids is 1. The number of aliphatic hydroxyl groups is 2. The van der Waals surface area contributed by atoms with Crippen molar-refractivity contribution in [1.82, 2.24) is 0 Å². The van der Waals surface area contributed by atoms with Crippen LogP contribution in [0.25, 0.3) is 100 Å². The van der Waals surface area contributed by atoms with E-state index in [-0.39, 0.29) is 69.7 Å². The number of fused-ring (bicyclic) bond motifs is 12. The maximum absolute atomic E-state index is 12.3. The summed E-state index contributed by atoms with van der Waals surface area (Å²) >= 11 is 0. The Morgan fingerprint density at radius 3 is 1.48 bits per heavy atom. The topological polar surface area (TPSA) is 458 Å².